The maximum absolute atomic E-state index is 12.2. The number of rotatable bonds is 4. The van der Waals surface area contributed by atoms with Crippen LogP contribution in [0.25, 0.3) is 0 Å². The van der Waals surface area contributed by atoms with Gasteiger partial charge in [0.05, 0.1) is 0 Å². The molecule has 0 aromatic rings. The van der Waals surface area contributed by atoms with Gasteiger partial charge in [-0.25, -0.2) is 4.79 Å². The number of hydrogen-bond donors (Lipinski definition) is 3. The average Bonchev–Trinajstić information content (AvgIpc) is 2.86. The van der Waals surface area contributed by atoms with Gasteiger partial charge in [-0.05, 0) is 18.1 Å². The Labute approximate surface area is 140 Å². The number of amides is 2. The van der Waals surface area contributed by atoms with Gasteiger partial charge >= 0.3 is 11.9 Å². The van der Waals surface area contributed by atoms with Crippen LogP contribution in [0.1, 0.15) is 6.42 Å². The Morgan fingerprint density at radius 3 is 2.67 bits per heavy atom. The van der Waals surface area contributed by atoms with Crippen molar-refractivity contribution in [1.29, 1.82) is 0 Å². The summed E-state index contributed by atoms with van der Waals surface area (Å²) in [5, 5.41) is 17.8. The van der Waals surface area contributed by atoms with Crippen LogP contribution in [0.4, 0.5) is 0 Å². The first-order chi connectivity index (χ1) is 11.3. The molecule has 4 N–H and O–H groups in total. The smallest absolute Gasteiger partial charge is 0.352 e. The topological polar surface area (TPSA) is 141 Å². The standard InChI is InChI=1S/C14H15N3O6S/c15-9-12(21)17-10(14(22)23)7(5-24-13(9)17)3-6-1-2-16(11(6)20)4-8(18)19/h3,9,13H,1-2,4-5,15H2,(H,18,19)(H,22,23)/t9-,13-/m1/s1. The molecule has 0 bridgehead atoms. The van der Waals surface area contributed by atoms with Crippen molar-refractivity contribution in [3.63, 3.8) is 0 Å². The molecule has 3 rings (SSSR count). The molecule has 0 unspecified atom stereocenters. The third-order valence-electron chi connectivity index (χ3n) is 4.13. The fourth-order valence-electron chi connectivity index (χ4n) is 2.98. The van der Waals surface area contributed by atoms with E-state index in [4.69, 9.17) is 10.8 Å². The van der Waals surface area contributed by atoms with E-state index in [0.29, 0.717) is 23.3 Å². The van der Waals surface area contributed by atoms with Crippen molar-refractivity contribution in [2.45, 2.75) is 17.8 Å². The lowest BCUT2D eigenvalue weighted by Gasteiger charge is -2.47. The Bertz CT molecular complexity index is 715. The second-order valence-electron chi connectivity index (χ2n) is 5.65. The summed E-state index contributed by atoms with van der Waals surface area (Å²) in [6, 6.07) is -0.710. The van der Waals surface area contributed by atoms with Crippen LogP contribution in [-0.4, -0.2) is 74.0 Å². The molecule has 2 fully saturated rings. The zero-order chi connectivity index (χ0) is 17.6. The second kappa shape index (κ2) is 5.95. The van der Waals surface area contributed by atoms with E-state index in [9.17, 15) is 24.3 Å². The molecule has 9 nitrogen and oxygen atoms in total. The second-order valence-corrected chi connectivity index (χ2v) is 6.76. The lowest BCUT2D eigenvalue weighted by molar-refractivity contribution is -0.147. The maximum atomic E-state index is 12.2. The number of carbonyl (C=O) groups is 4. The predicted molar refractivity (Wildman–Crippen MR) is 82.6 cm³/mol. The van der Waals surface area contributed by atoms with Gasteiger partial charge in [0, 0.05) is 17.9 Å². The summed E-state index contributed by atoms with van der Waals surface area (Å²) in [4.78, 5) is 48.7. The molecule has 0 spiro atoms. The molecule has 0 aliphatic carbocycles. The molecule has 2 amide bonds. The number of fused-ring (bicyclic) bond motifs is 1. The summed E-state index contributed by atoms with van der Waals surface area (Å²) < 4.78 is 0. The van der Waals surface area contributed by atoms with Crippen molar-refractivity contribution in [1.82, 2.24) is 9.80 Å². The number of aliphatic carboxylic acids is 2. The van der Waals surface area contributed by atoms with Crippen LogP contribution in [0.15, 0.2) is 22.9 Å². The van der Waals surface area contributed by atoms with Crippen molar-refractivity contribution in [3.05, 3.63) is 22.9 Å². The first-order valence-electron chi connectivity index (χ1n) is 7.19. The van der Waals surface area contributed by atoms with Crippen molar-refractivity contribution < 1.29 is 29.4 Å². The number of carboxylic acids is 2. The highest BCUT2D eigenvalue weighted by Gasteiger charge is 2.51. The van der Waals surface area contributed by atoms with E-state index in [-0.39, 0.29) is 12.2 Å². The lowest BCUT2D eigenvalue weighted by atomic mass is 10.0. The van der Waals surface area contributed by atoms with Crippen LogP contribution in [0.5, 0.6) is 0 Å². The first kappa shape index (κ1) is 16.5. The molecular formula is C14H15N3O6S. The third kappa shape index (κ3) is 2.57. The Morgan fingerprint density at radius 2 is 2.04 bits per heavy atom. The lowest BCUT2D eigenvalue weighted by Crippen LogP contribution is -2.68. The summed E-state index contributed by atoms with van der Waals surface area (Å²) in [5.41, 5.74) is 6.24. The molecule has 3 aliphatic heterocycles. The van der Waals surface area contributed by atoms with E-state index in [1.165, 1.54) is 22.7 Å². The van der Waals surface area contributed by atoms with E-state index >= 15 is 0 Å². The zero-order valence-corrected chi connectivity index (χ0v) is 13.3. The van der Waals surface area contributed by atoms with E-state index in [1.54, 1.807) is 0 Å². The number of nitrogens with zero attached hydrogens (tertiary/aromatic N) is 2. The third-order valence-corrected chi connectivity index (χ3v) is 5.45. The quantitative estimate of drug-likeness (QED) is 0.423. The summed E-state index contributed by atoms with van der Waals surface area (Å²) in [6.07, 6.45) is 1.80. The van der Waals surface area contributed by atoms with Gasteiger partial charge < -0.3 is 20.8 Å². The molecular weight excluding hydrogens is 338 g/mol. The van der Waals surface area contributed by atoms with Gasteiger partial charge in [0.25, 0.3) is 0 Å². The molecule has 3 heterocycles. The zero-order valence-electron chi connectivity index (χ0n) is 12.5. The number of carbonyl (C=O) groups excluding carboxylic acids is 2. The van der Waals surface area contributed by atoms with Gasteiger partial charge in [0.2, 0.25) is 11.8 Å². The van der Waals surface area contributed by atoms with Gasteiger partial charge in [-0.15, -0.1) is 11.8 Å². The molecule has 128 valence electrons. The minimum Gasteiger partial charge on any atom is -0.480 e. The monoisotopic (exact) mass is 353 g/mol. The highest BCUT2D eigenvalue weighted by Crippen LogP contribution is 2.40. The van der Waals surface area contributed by atoms with Gasteiger partial charge in [-0.1, -0.05) is 0 Å². The van der Waals surface area contributed by atoms with Crippen LogP contribution >= 0.6 is 11.8 Å². The number of nitrogens with two attached hydrogens (primary N) is 1. The Hall–Kier alpha value is -2.33. The Kier molecular flexibility index (Phi) is 4.10. The fraction of sp³-hybridized carbons (Fsp3) is 0.429. The highest BCUT2D eigenvalue weighted by molar-refractivity contribution is 8.00. The number of thioether (sulfide) groups is 1. The van der Waals surface area contributed by atoms with Crippen molar-refractivity contribution in [3.8, 4) is 0 Å². The summed E-state index contributed by atoms with van der Waals surface area (Å²) in [7, 11) is 0. The molecule has 0 aromatic heterocycles. The number of allylic oxidation sites excluding steroid dienone is 1. The minimum atomic E-state index is -1.25. The van der Waals surface area contributed by atoms with E-state index in [1.807, 2.05) is 0 Å². The molecule has 0 radical (unpaired) electrons. The Balaban J connectivity index is 1.90. The van der Waals surface area contributed by atoms with E-state index in [2.05, 4.69) is 0 Å². The SMILES string of the molecule is N[C@@H]1C(=O)N2C(C(=O)O)=C(C=C3CCN(CC(=O)O)C3=O)CS[C@H]12. The summed E-state index contributed by atoms with van der Waals surface area (Å²) in [6.45, 7) is -0.118. The van der Waals surface area contributed by atoms with E-state index < -0.39 is 41.7 Å². The van der Waals surface area contributed by atoms with Gasteiger partial charge in [0.1, 0.15) is 23.7 Å². The van der Waals surface area contributed by atoms with Crippen LogP contribution < -0.4 is 5.73 Å². The number of carboxylic acid groups (broad SMARTS) is 2. The average molecular weight is 353 g/mol. The van der Waals surface area contributed by atoms with Gasteiger partial charge in [-0.2, -0.15) is 0 Å². The van der Waals surface area contributed by atoms with Crippen molar-refractivity contribution in [2.24, 2.45) is 5.73 Å². The molecule has 24 heavy (non-hydrogen) atoms. The van der Waals surface area contributed by atoms with Crippen LogP contribution in [0.2, 0.25) is 0 Å². The van der Waals surface area contributed by atoms with Crippen molar-refractivity contribution in [2.75, 3.05) is 18.8 Å². The molecule has 10 heteroatoms. The molecule has 0 aromatic carbocycles. The number of likely N-dealkylation sites (tertiary alicyclic amines) is 1. The molecule has 2 saturated heterocycles. The van der Waals surface area contributed by atoms with Crippen LogP contribution in [0.3, 0.4) is 0 Å². The number of β-lactam (4-membered cyclic amide) rings is 1. The van der Waals surface area contributed by atoms with Gasteiger partial charge in [-0.3, -0.25) is 19.3 Å². The fourth-order valence-corrected chi connectivity index (χ4v) is 4.23. The summed E-state index contributed by atoms with van der Waals surface area (Å²) >= 11 is 1.35. The highest BCUT2D eigenvalue weighted by atomic mass is 32.2. The molecule has 2 atom stereocenters. The van der Waals surface area contributed by atoms with Crippen LogP contribution in [-0.2, 0) is 19.2 Å². The molecule has 3 aliphatic rings. The normalized spacial score (nSPS) is 28.3. The van der Waals surface area contributed by atoms with E-state index in [0.717, 1.165) is 4.90 Å². The van der Waals surface area contributed by atoms with Crippen LogP contribution in [0, 0.1) is 0 Å². The largest absolute Gasteiger partial charge is 0.480 e. The maximum Gasteiger partial charge on any atom is 0.352 e. The number of hydrogen-bond acceptors (Lipinski definition) is 6. The Morgan fingerprint density at radius 1 is 1.33 bits per heavy atom. The predicted octanol–water partition coefficient (Wildman–Crippen LogP) is -1.19. The summed E-state index contributed by atoms with van der Waals surface area (Å²) in [5.74, 6) is -2.91. The van der Waals surface area contributed by atoms with Crippen molar-refractivity contribution >= 4 is 35.5 Å². The van der Waals surface area contributed by atoms with Gasteiger partial charge in [0.15, 0.2) is 0 Å². The molecule has 0 saturated carbocycles. The minimum absolute atomic E-state index is 0.151. The first-order valence-corrected chi connectivity index (χ1v) is 8.24.